The van der Waals surface area contributed by atoms with Crippen molar-refractivity contribution >= 4 is 5.69 Å². The lowest BCUT2D eigenvalue weighted by Gasteiger charge is -2.37. The van der Waals surface area contributed by atoms with Crippen LogP contribution < -0.4 is 5.32 Å². The van der Waals surface area contributed by atoms with Gasteiger partial charge in [0.15, 0.2) is 0 Å². The molecule has 0 bridgehead atoms. The van der Waals surface area contributed by atoms with Crippen molar-refractivity contribution in [3.05, 3.63) is 11.4 Å². The lowest BCUT2D eigenvalue weighted by molar-refractivity contribution is 0.173. The van der Waals surface area contributed by atoms with Gasteiger partial charge >= 0.3 is 0 Å². The predicted octanol–water partition coefficient (Wildman–Crippen LogP) is 5.10. The maximum Gasteiger partial charge on any atom is 0.0828 e. The largest absolute Gasteiger partial charge is 0.379 e. The van der Waals surface area contributed by atoms with Gasteiger partial charge in [0.05, 0.1) is 17.1 Å². The number of hydrogen-bond acceptors (Lipinski definition) is 2. The number of aryl methyl sites for hydroxylation is 1. The van der Waals surface area contributed by atoms with Crippen LogP contribution in [-0.4, -0.2) is 15.8 Å². The zero-order chi connectivity index (χ0) is 15.8. The first-order valence-corrected chi connectivity index (χ1v) is 8.52. The Morgan fingerprint density at radius 2 is 1.67 bits per heavy atom. The van der Waals surface area contributed by atoms with Gasteiger partial charge in [-0.15, -0.1) is 0 Å². The Balaban J connectivity index is 2.01. The maximum absolute atomic E-state index is 4.68. The highest BCUT2D eigenvalue weighted by atomic mass is 15.3. The summed E-state index contributed by atoms with van der Waals surface area (Å²) in [5, 5.41) is 8.46. The molecule has 2 rings (SSSR count). The van der Waals surface area contributed by atoms with Crippen LogP contribution >= 0.6 is 0 Å². The average Bonchev–Trinajstić information content (AvgIpc) is 2.66. The average molecular weight is 291 g/mol. The van der Waals surface area contributed by atoms with Crippen LogP contribution in [0, 0.1) is 25.2 Å². The van der Waals surface area contributed by atoms with E-state index in [1.807, 2.05) is 0 Å². The van der Waals surface area contributed by atoms with E-state index in [-0.39, 0.29) is 0 Å². The van der Waals surface area contributed by atoms with E-state index in [4.69, 9.17) is 0 Å². The quantitative estimate of drug-likeness (QED) is 0.840. The van der Waals surface area contributed by atoms with Crippen molar-refractivity contribution in [2.24, 2.45) is 11.3 Å². The topological polar surface area (TPSA) is 29.9 Å². The fourth-order valence-corrected chi connectivity index (χ4v) is 3.68. The maximum atomic E-state index is 4.68. The van der Waals surface area contributed by atoms with Crippen molar-refractivity contribution in [3.63, 3.8) is 0 Å². The van der Waals surface area contributed by atoms with Gasteiger partial charge in [-0.25, -0.2) is 0 Å². The number of rotatable bonds is 3. The van der Waals surface area contributed by atoms with E-state index in [1.54, 1.807) is 0 Å². The molecule has 0 spiro atoms. The number of hydrogen-bond donors (Lipinski definition) is 1. The zero-order valence-electron chi connectivity index (χ0n) is 15.0. The van der Waals surface area contributed by atoms with Crippen LogP contribution in [0.4, 0.5) is 5.69 Å². The molecule has 0 radical (unpaired) electrons. The summed E-state index contributed by atoms with van der Waals surface area (Å²) >= 11 is 0. The Morgan fingerprint density at radius 1 is 1.10 bits per heavy atom. The van der Waals surface area contributed by atoms with Crippen molar-refractivity contribution in [1.29, 1.82) is 0 Å². The summed E-state index contributed by atoms with van der Waals surface area (Å²) in [5.74, 6) is 0.871. The van der Waals surface area contributed by atoms with Crippen LogP contribution in [0.3, 0.4) is 0 Å². The summed E-state index contributed by atoms with van der Waals surface area (Å²) < 4.78 is 2.14. The summed E-state index contributed by atoms with van der Waals surface area (Å²) in [6.45, 7) is 15.8. The molecule has 0 saturated heterocycles. The van der Waals surface area contributed by atoms with Gasteiger partial charge in [-0.3, -0.25) is 4.68 Å². The molecular formula is C18H33N3. The summed E-state index contributed by atoms with van der Waals surface area (Å²) in [6.07, 6.45) is 5.26. The first-order chi connectivity index (χ1) is 9.70. The number of nitrogens with one attached hydrogen (secondary N) is 1. The van der Waals surface area contributed by atoms with E-state index in [9.17, 15) is 0 Å². The number of nitrogens with zero attached hydrogens (tertiary/aromatic N) is 2. The van der Waals surface area contributed by atoms with Crippen LogP contribution in [-0.2, 0) is 0 Å². The lowest BCUT2D eigenvalue weighted by Crippen LogP contribution is -2.31. The van der Waals surface area contributed by atoms with Gasteiger partial charge in [0, 0.05) is 12.1 Å². The third-order valence-electron chi connectivity index (χ3n) is 5.11. The van der Waals surface area contributed by atoms with Gasteiger partial charge in [0.25, 0.3) is 0 Å². The number of aromatic nitrogens is 2. The van der Waals surface area contributed by atoms with Gasteiger partial charge in [-0.2, -0.15) is 5.10 Å². The fourth-order valence-electron chi connectivity index (χ4n) is 3.68. The van der Waals surface area contributed by atoms with Gasteiger partial charge in [-0.1, -0.05) is 20.8 Å². The Kier molecular flexibility index (Phi) is 4.69. The minimum atomic E-state index is 0.427. The Bertz CT molecular complexity index is 471. The van der Waals surface area contributed by atoms with Crippen molar-refractivity contribution in [2.45, 2.75) is 86.2 Å². The molecular weight excluding hydrogens is 258 g/mol. The summed E-state index contributed by atoms with van der Waals surface area (Å²) in [7, 11) is 0. The predicted molar refractivity (Wildman–Crippen MR) is 90.9 cm³/mol. The number of anilines is 1. The minimum Gasteiger partial charge on any atom is -0.379 e. The minimum absolute atomic E-state index is 0.427. The Labute approximate surface area is 130 Å². The van der Waals surface area contributed by atoms with Crippen LogP contribution in [0.5, 0.6) is 0 Å². The van der Waals surface area contributed by atoms with Gasteiger partial charge in [-0.05, 0) is 64.7 Å². The van der Waals surface area contributed by atoms with E-state index < -0.39 is 0 Å². The van der Waals surface area contributed by atoms with E-state index in [2.05, 4.69) is 63.6 Å². The molecule has 0 aliphatic heterocycles. The molecule has 0 amide bonds. The fraction of sp³-hybridized carbons (Fsp3) is 0.833. The normalized spacial score (nSPS) is 23.6. The van der Waals surface area contributed by atoms with Crippen molar-refractivity contribution in [3.8, 4) is 0 Å². The molecule has 0 unspecified atom stereocenters. The SMILES string of the molecule is Cc1nn(C(C)C)c(C)c1NC1CCC(C(C)(C)C)CC1. The second-order valence-electron chi connectivity index (χ2n) is 8.14. The van der Waals surface area contributed by atoms with E-state index >= 15 is 0 Å². The summed E-state index contributed by atoms with van der Waals surface area (Å²) in [4.78, 5) is 0. The molecule has 0 atom stereocenters. The molecule has 1 fully saturated rings. The smallest absolute Gasteiger partial charge is 0.0828 e. The van der Waals surface area contributed by atoms with Crippen LogP contribution in [0.2, 0.25) is 0 Å². The van der Waals surface area contributed by atoms with Gasteiger partial charge in [0.2, 0.25) is 0 Å². The molecule has 1 aromatic heterocycles. The molecule has 1 aromatic rings. The summed E-state index contributed by atoms with van der Waals surface area (Å²) in [6, 6.07) is 1.04. The summed E-state index contributed by atoms with van der Waals surface area (Å²) in [5.41, 5.74) is 4.14. The third-order valence-corrected chi connectivity index (χ3v) is 5.11. The molecule has 1 aliphatic rings. The molecule has 1 heterocycles. The highest BCUT2D eigenvalue weighted by Crippen LogP contribution is 2.38. The van der Waals surface area contributed by atoms with Crippen molar-refractivity contribution in [1.82, 2.24) is 9.78 Å². The van der Waals surface area contributed by atoms with Crippen LogP contribution in [0.15, 0.2) is 0 Å². The van der Waals surface area contributed by atoms with Crippen molar-refractivity contribution in [2.75, 3.05) is 5.32 Å². The first kappa shape index (κ1) is 16.4. The molecule has 1 N–H and O–H groups in total. The van der Waals surface area contributed by atoms with Crippen LogP contribution in [0.1, 0.15) is 77.7 Å². The Morgan fingerprint density at radius 3 is 2.10 bits per heavy atom. The second-order valence-corrected chi connectivity index (χ2v) is 8.14. The van der Waals surface area contributed by atoms with Gasteiger partial charge in [0.1, 0.15) is 0 Å². The molecule has 120 valence electrons. The highest BCUT2D eigenvalue weighted by Gasteiger charge is 2.30. The standard InChI is InChI=1S/C18H33N3/c1-12(2)21-14(4)17(13(3)20-21)19-16-10-8-15(9-11-16)18(5,6)7/h12,15-16,19H,8-11H2,1-7H3. The van der Waals surface area contributed by atoms with E-state index in [0.29, 0.717) is 17.5 Å². The molecule has 3 nitrogen and oxygen atoms in total. The van der Waals surface area contributed by atoms with E-state index in [0.717, 1.165) is 11.6 Å². The Hall–Kier alpha value is -0.990. The first-order valence-electron chi connectivity index (χ1n) is 8.52. The van der Waals surface area contributed by atoms with Crippen LogP contribution in [0.25, 0.3) is 0 Å². The van der Waals surface area contributed by atoms with Gasteiger partial charge < -0.3 is 5.32 Å². The monoisotopic (exact) mass is 291 g/mol. The molecule has 1 saturated carbocycles. The molecule has 21 heavy (non-hydrogen) atoms. The zero-order valence-corrected chi connectivity index (χ0v) is 15.0. The molecule has 0 aromatic carbocycles. The lowest BCUT2D eigenvalue weighted by atomic mass is 9.71. The molecule has 3 heteroatoms. The highest BCUT2D eigenvalue weighted by molar-refractivity contribution is 5.53. The second kappa shape index (κ2) is 6.02. The molecule has 1 aliphatic carbocycles. The third kappa shape index (κ3) is 3.61. The van der Waals surface area contributed by atoms with E-state index in [1.165, 1.54) is 37.1 Å². The van der Waals surface area contributed by atoms with Crippen molar-refractivity contribution < 1.29 is 0 Å².